The molecule has 0 unspecified atom stereocenters. The van der Waals surface area contributed by atoms with Gasteiger partial charge in [0.2, 0.25) is 0 Å². The maximum absolute atomic E-state index is 13.4. The minimum atomic E-state index is -0.363. The molecule has 2 aromatic carbocycles. The van der Waals surface area contributed by atoms with Gasteiger partial charge in [-0.1, -0.05) is 48.0 Å². The molecule has 1 amide bonds. The molecular weight excluding hydrogens is 362 g/mol. The monoisotopic (exact) mass is 387 g/mol. The number of aryl methyl sites for hydroxylation is 1. The van der Waals surface area contributed by atoms with E-state index in [0.717, 1.165) is 22.4 Å². The Balaban J connectivity index is 1.69. The molecule has 0 spiro atoms. The van der Waals surface area contributed by atoms with Gasteiger partial charge in [-0.25, -0.2) is 0 Å². The van der Waals surface area contributed by atoms with Crippen LogP contribution in [0.15, 0.2) is 71.3 Å². The average molecular weight is 387 g/mol. The van der Waals surface area contributed by atoms with Crippen molar-refractivity contribution in [3.8, 4) is 5.75 Å². The van der Waals surface area contributed by atoms with E-state index >= 15 is 0 Å². The number of nitrogens with one attached hydrogen (secondary N) is 1. The van der Waals surface area contributed by atoms with Gasteiger partial charge in [0.25, 0.3) is 5.91 Å². The van der Waals surface area contributed by atoms with E-state index in [1.807, 2.05) is 75.4 Å². The summed E-state index contributed by atoms with van der Waals surface area (Å²) in [6, 6.07) is 19.3. The molecule has 148 valence electrons. The van der Waals surface area contributed by atoms with Crippen LogP contribution in [0.25, 0.3) is 11.6 Å². The number of carbonyl (C=O) groups is 1. The Hall–Kier alpha value is -3.27. The third kappa shape index (κ3) is 4.27. The number of rotatable bonds is 4. The molecule has 1 N–H and O–H groups in total. The van der Waals surface area contributed by atoms with Gasteiger partial charge in [-0.3, -0.25) is 4.79 Å². The van der Waals surface area contributed by atoms with Crippen LogP contribution in [-0.4, -0.2) is 11.5 Å². The highest BCUT2D eigenvalue weighted by Crippen LogP contribution is 2.40. The van der Waals surface area contributed by atoms with Crippen LogP contribution < -0.4 is 10.1 Å². The lowest BCUT2D eigenvalue weighted by molar-refractivity contribution is -0.116. The van der Waals surface area contributed by atoms with Crippen LogP contribution in [-0.2, 0) is 4.79 Å². The van der Waals surface area contributed by atoms with E-state index in [1.165, 1.54) is 0 Å². The summed E-state index contributed by atoms with van der Waals surface area (Å²) in [5.74, 6) is 1.33. The Morgan fingerprint density at radius 1 is 1.10 bits per heavy atom. The summed E-state index contributed by atoms with van der Waals surface area (Å²) < 4.78 is 11.6. The zero-order valence-electron chi connectivity index (χ0n) is 16.9. The first kappa shape index (κ1) is 19.1. The molecule has 3 aromatic rings. The van der Waals surface area contributed by atoms with Crippen molar-refractivity contribution >= 4 is 17.6 Å². The lowest BCUT2D eigenvalue weighted by atomic mass is 9.88. The second kappa shape index (κ2) is 7.63. The molecule has 0 fully saturated rings. The predicted molar refractivity (Wildman–Crippen MR) is 114 cm³/mol. The topological polar surface area (TPSA) is 51.5 Å². The maximum Gasteiger partial charge on any atom is 0.252 e. The molecule has 0 aliphatic carbocycles. The van der Waals surface area contributed by atoms with Crippen molar-refractivity contribution in [3.63, 3.8) is 0 Å². The van der Waals surface area contributed by atoms with E-state index in [9.17, 15) is 4.79 Å². The Labute approximate surface area is 171 Å². The molecule has 0 saturated heterocycles. The second-order valence-corrected chi connectivity index (χ2v) is 8.07. The maximum atomic E-state index is 13.4. The zero-order valence-corrected chi connectivity index (χ0v) is 16.9. The van der Waals surface area contributed by atoms with Gasteiger partial charge in [-0.2, -0.15) is 0 Å². The first-order valence-corrected chi connectivity index (χ1v) is 9.82. The molecule has 1 atom stereocenters. The number of hydrogen-bond donors (Lipinski definition) is 1. The molecule has 29 heavy (non-hydrogen) atoms. The van der Waals surface area contributed by atoms with Crippen molar-refractivity contribution in [2.24, 2.45) is 0 Å². The van der Waals surface area contributed by atoms with Crippen LogP contribution in [0.1, 0.15) is 48.8 Å². The number of fused-ring (bicyclic) bond motifs is 1. The lowest BCUT2D eigenvalue weighted by Crippen LogP contribution is -2.41. The fraction of sp³-hybridized carbons (Fsp3) is 0.240. The molecular formula is C25H25NO3. The van der Waals surface area contributed by atoms with E-state index in [4.69, 9.17) is 9.15 Å². The summed E-state index contributed by atoms with van der Waals surface area (Å²) in [5, 5.41) is 3.24. The predicted octanol–water partition coefficient (Wildman–Crippen LogP) is 5.55. The summed E-state index contributed by atoms with van der Waals surface area (Å²) in [6.45, 7) is 6.14. The minimum Gasteiger partial charge on any atom is -0.487 e. The van der Waals surface area contributed by atoms with Gasteiger partial charge in [0, 0.05) is 12.0 Å². The molecule has 4 heteroatoms. The molecule has 4 nitrogen and oxygen atoms in total. The van der Waals surface area contributed by atoms with Crippen LogP contribution in [0.2, 0.25) is 0 Å². The smallest absolute Gasteiger partial charge is 0.252 e. The molecule has 0 radical (unpaired) electrons. The third-order valence-corrected chi connectivity index (χ3v) is 5.09. The number of benzene rings is 2. The van der Waals surface area contributed by atoms with Crippen molar-refractivity contribution < 1.29 is 13.9 Å². The third-order valence-electron chi connectivity index (χ3n) is 5.09. The van der Waals surface area contributed by atoms with E-state index < -0.39 is 0 Å². The summed E-state index contributed by atoms with van der Waals surface area (Å²) in [6.07, 6.45) is 4.08. The number of amides is 1. The molecule has 4 rings (SSSR count). The van der Waals surface area contributed by atoms with Gasteiger partial charge in [0.1, 0.15) is 17.1 Å². The van der Waals surface area contributed by atoms with Gasteiger partial charge >= 0.3 is 0 Å². The van der Waals surface area contributed by atoms with Crippen molar-refractivity contribution in [2.75, 3.05) is 0 Å². The molecule has 0 saturated carbocycles. The second-order valence-electron chi connectivity index (χ2n) is 8.07. The number of ether oxygens (including phenoxy) is 1. The fourth-order valence-electron chi connectivity index (χ4n) is 3.75. The standard InChI is InChI=1S/C25H25NO3/c1-17-11-12-23-21(14-17)22(16-25(2,3)29-23)26-24(27)20(15-19-10-7-13-28-19)18-8-5-4-6-9-18/h4-15,22H,16H2,1-3H3,(H,26,27)/b20-15+/t22-/m1/s1. The Morgan fingerprint density at radius 2 is 1.90 bits per heavy atom. The van der Waals surface area contributed by atoms with E-state index in [2.05, 4.69) is 11.4 Å². The minimum absolute atomic E-state index is 0.134. The Kier molecular flexibility index (Phi) is 5.01. The largest absolute Gasteiger partial charge is 0.487 e. The van der Waals surface area contributed by atoms with Gasteiger partial charge in [0.15, 0.2) is 0 Å². The van der Waals surface area contributed by atoms with Crippen LogP contribution in [0.4, 0.5) is 0 Å². The summed E-state index contributed by atoms with van der Waals surface area (Å²) in [5.41, 5.74) is 3.21. The quantitative estimate of drug-likeness (QED) is 0.597. The molecule has 2 heterocycles. The van der Waals surface area contributed by atoms with Crippen LogP contribution >= 0.6 is 0 Å². The summed E-state index contributed by atoms with van der Waals surface area (Å²) in [7, 11) is 0. The number of carbonyl (C=O) groups excluding carboxylic acids is 1. The van der Waals surface area contributed by atoms with Gasteiger partial charge in [-0.05, 0) is 50.6 Å². The van der Waals surface area contributed by atoms with Gasteiger partial charge < -0.3 is 14.5 Å². The van der Waals surface area contributed by atoms with E-state index in [0.29, 0.717) is 17.8 Å². The number of furan rings is 1. The van der Waals surface area contributed by atoms with Crippen molar-refractivity contribution in [2.45, 2.75) is 38.8 Å². The highest BCUT2D eigenvalue weighted by Gasteiger charge is 2.35. The Morgan fingerprint density at radius 3 is 2.62 bits per heavy atom. The van der Waals surface area contributed by atoms with E-state index in [-0.39, 0.29) is 17.6 Å². The average Bonchev–Trinajstić information content (AvgIpc) is 3.20. The fourth-order valence-corrected chi connectivity index (χ4v) is 3.75. The van der Waals surface area contributed by atoms with Crippen molar-refractivity contribution in [1.82, 2.24) is 5.32 Å². The Bertz CT molecular complexity index is 1030. The van der Waals surface area contributed by atoms with Crippen molar-refractivity contribution in [1.29, 1.82) is 0 Å². The molecule has 0 bridgehead atoms. The first-order chi connectivity index (χ1) is 13.9. The summed E-state index contributed by atoms with van der Waals surface area (Å²) in [4.78, 5) is 13.4. The van der Waals surface area contributed by atoms with Crippen LogP contribution in [0, 0.1) is 6.92 Å². The number of hydrogen-bond acceptors (Lipinski definition) is 3. The lowest BCUT2D eigenvalue weighted by Gasteiger charge is -2.38. The van der Waals surface area contributed by atoms with E-state index in [1.54, 1.807) is 12.3 Å². The van der Waals surface area contributed by atoms with Gasteiger partial charge in [-0.15, -0.1) is 0 Å². The normalized spacial score (nSPS) is 17.9. The van der Waals surface area contributed by atoms with Crippen LogP contribution in [0.5, 0.6) is 5.75 Å². The molecule has 1 aliphatic rings. The highest BCUT2D eigenvalue weighted by atomic mass is 16.5. The van der Waals surface area contributed by atoms with Crippen molar-refractivity contribution in [3.05, 3.63) is 89.4 Å². The SMILES string of the molecule is Cc1ccc2c(c1)[C@H](NC(=O)/C(=C/c1ccco1)c1ccccc1)CC(C)(C)O2. The first-order valence-electron chi connectivity index (χ1n) is 9.82. The van der Waals surface area contributed by atoms with Gasteiger partial charge in [0.05, 0.1) is 17.9 Å². The molecule has 1 aliphatic heterocycles. The molecule has 1 aromatic heterocycles. The zero-order chi connectivity index (χ0) is 20.4. The highest BCUT2D eigenvalue weighted by molar-refractivity contribution is 6.24. The van der Waals surface area contributed by atoms with Crippen LogP contribution in [0.3, 0.4) is 0 Å². The summed E-state index contributed by atoms with van der Waals surface area (Å²) >= 11 is 0.